The molecule has 0 saturated heterocycles. The Labute approximate surface area is 616 Å². The molecule has 580 valence electrons. The number of hydrogen-bond acceptors (Lipinski definition) is 19. The monoisotopic (exact) mass is 1460 g/mol. The van der Waals surface area contributed by atoms with Crippen LogP contribution in [-0.4, -0.2) is 248 Å². The number of allylic oxidation sites excluding steroid dienone is 4. The number of ether oxygens (including phenoxy) is 6. The van der Waals surface area contributed by atoms with Crippen LogP contribution >= 0.6 is 0 Å². The molecule has 0 aliphatic heterocycles. The average molecular weight is 1460 g/mol. The average Bonchev–Trinajstić information content (AvgIpc) is 0.854. The van der Waals surface area contributed by atoms with Gasteiger partial charge in [0.15, 0.2) is 23.1 Å². The molecule has 9 amide bonds. The summed E-state index contributed by atoms with van der Waals surface area (Å²) in [6.07, 6.45) is 24.0. The second-order valence-electron chi connectivity index (χ2n) is 21.9. The number of amides is 9. The lowest BCUT2D eigenvalue weighted by atomic mass is 10.0. The van der Waals surface area contributed by atoms with Crippen LogP contribution < -0.4 is 31.9 Å². The summed E-state index contributed by atoms with van der Waals surface area (Å²) in [6.45, 7) is 52.8. The maximum absolute atomic E-state index is 12.2. The van der Waals surface area contributed by atoms with Crippen LogP contribution in [0.2, 0.25) is 0 Å². The maximum Gasteiger partial charge on any atom is 0.246 e. The smallest absolute Gasteiger partial charge is 0.246 e. The van der Waals surface area contributed by atoms with E-state index in [9.17, 15) is 62.3 Å². The van der Waals surface area contributed by atoms with E-state index in [0.717, 1.165) is 50.0 Å². The van der Waals surface area contributed by atoms with E-state index in [1.807, 2.05) is 0 Å². The molecule has 28 nitrogen and oxygen atoms in total. The van der Waals surface area contributed by atoms with Crippen molar-refractivity contribution in [3.63, 3.8) is 0 Å². The Bertz CT molecular complexity index is 2540. The molecule has 0 unspecified atom stereocenters. The molecule has 0 rings (SSSR count). The molecule has 6 N–H and O–H groups in total. The van der Waals surface area contributed by atoms with E-state index in [-0.39, 0.29) is 116 Å². The molecule has 0 bridgehead atoms. The molecular weight excluding hydrogens is 1340 g/mol. The van der Waals surface area contributed by atoms with Gasteiger partial charge < -0.3 is 75.0 Å². The van der Waals surface area contributed by atoms with Crippen molar-refractivity contribution < 1.29 is 90.8 Å². The zero-order chi connectivity index (χ0) is 78.9. The van der Waals surface area contributed by atoms with Gasteiger partial charge in [0.05, 0.1) is 46.2 Å². The minimum absolute atomic E-state index is 0.0158. The predicted octanol–water partition coefficient (Wildman–Crippen LogP) is 4.73. The fraction of sp³-hybridized carbons (Fsp3) is 0.487. The van der Waals surface area contributed by atoms with Crippen molar-refractivity contribution >= 4 is 76.3 Å². The van der Waals surface area contributed by atoms with E-state index in [2.05, 4.69) is 117 Å². The van der Waals surface area contributed by atoms with Gasteiger partial charge in [0.2, 0.25) is 53.2 Å². The first-order valence-electron chi connectivity index (χ1n) is 34.2. The van der Waals surface area contributed by atoms with Gasteiger partial charge in [-0.25, -0.2) is 0 Å². The zero-order valence-electron chi connectivity index (χ0n) is 61.3. The Kier molecular flexibility index (Phi) is 69.4. The van der Waals surface area contributed by atoms with E-state index in [0.29, 0.717) is 163 Å². The fourth-order valence-electron chi connectivity index (χ4n) is 7.95. The van der Waals surface area contributed by atoms with Crippen LogP contribution in [0.1, 0.15) is 83.5 Å². The quantitative estimate of drug-likeness (QED) is 0.0354. The first-order chi connectivity index (χ1) is 50.0. The van der Waals surface area contributed by atoms with Gasteiger partial charge in [-0.3, -0.25) is 62.3 Å². The number of nitrogens with one attached hydrogen (secondary N) is 6. The molecule has 0 aromatic carbocycles. The Morgan fingerprint density at radius 2 is 0.500 bits per heavy atom. The van der Waals surface area contributed by atoms with Crippen LogP contribution in [0.25, 0.3) is 0 Å². The third kappa shape index (κ3) is 63.2. The van der Waals surface area contributed by atoms with Gasteiger partial charge in [-0.1, -0.05) is 85.5 Å². The van der Waals surface area contributed by atoms with Crippen molar-refractivity contribution in [1.82, 2.24) is 46.6 Å². The first-order valence-corrected chi connectivity index (χ1v) is 34.2. The SMILES string of the molecule is C=CC(=O)CCCCOCC(COCCCNC(=O)C=C)(COCCCNC(=O)C=C)NC(=O)C=C.C=CC(=O)CCCCOCCOCCOCCCCC(=O)C=C.C=CC(=O)CCCN(CCN(CCNC(=O)C=C)C(=O)C=C)C(=O)C=C.C=CC(=O)NCCN(CCNC(=O)C=C)C(=O)C=C. The maximum atomic E-state index is 12.2. The molecular formula is C76H117N9O19. The van der Waals surface area contributed by atoms with Crippen LogP contribution in [-0.2, 0) is 90.8 Å². The third-order valence-electron chi connectivity index (χ3n) is 13.7. The largest absolute Gasteiger partial charge is 0.379 e. The van der Waals surface area contributed by atoms with Crippen molar-refractivity contribution in [2.75, 3.05) is 151 Å². The lowest BCUT2D eigenvalue weighted by Gasteiger charge is -2.34. The van der Waals surface area contributed by atoms with Gasteiger partial charge in [-0.05, 0) is 137 Å². The number of rotatable bonds is 65. The molecule has 0 atom stereocenters. The highest BCUT2D eigenvalue weighted by Crippen LogP contribution is 2.12. The molecule has 28 heteroatoms. The van der Waals surface area contributed by atoms with Gasteiger partial charge in [0, 0.05) is 131 Å². The molecule has 0 spiro atoms. The van der Waals surface area contributed by atoms with Gasteiger partial charge in [-0.2, -0.15) is 0 Å². The van der Waals surface area contributed by atoms with E-state index >= 15 is 0 Å². The minimum atomic E-state index is -0.989. The Morgan fingerprint density at radius 3 is 0.788 bits per heavy atom. The zero-order valence-corrected chi connectivity index (χ0v) is 61.3. The van der Waals surface area contributed by atoms with Crippen molar-refractivity contribution in [2.45, 2.75) is 89.0 Å². The van der Waals surface area contributed by atoms with Crippen LogP contribution in [0.15, 0.2) is 165 Å². The van der Waals surface area contributed by atoms with Crippen LogP contribution in [0.3, 0.4) is 0 Å². The number of unbranched alkanes of at least 4 members (excludes halogenated alkanes) is 3. The standard InChI is InChI=1S/C26H41N3O7.C19H27N3O4.C18H30O5.C13H19N3O3/c1-5-22(30)13-9-10-16-34-19-26(29-25(33)8-4,20-35-17-11-14-27-23(31)6-2)21-36-18-12-15-28-24(32)7-3;1-5-16(23)10-9-12-21(18(25)7-3)14-15-22(19(26)8-4)13-11-20-17(24)6-2;1-3-17(19)9-5-7-11-21-13-15-23-16-14-22-12-8-6-10-18(20)4-2;1-4-11(17)14-7-9-16(13(19)6-3)10-8-15-12(18)5-2/h5-8H,1-4,9-21H2,(H,27,31)(H,28,32)(H,29,33);5-8H,1-4,9-15H2,(H,20,24);3-4H,1-2,5-16H2;4-6H,1-3,7-10H2,(H,14,17)(H,15,18). The third-order valence-corrected chi connectivity index (χ3v) is 13.7. The second-order valence-corrected chi connectivity index (χ2v) is 21.9. The fourth-order valence-corrected chi connectivity index (χ4v) is 7.95. The number of nitrogens with zero attached hydrogens (tertiary/aromatic N) is 3. The van der Waals surface area contributed by atoms with Crippen molar-refractivity contribution in [1.29, 1.82) is 0 Å². The molecule has 0 aromatic rings. The van der Waals surface area contributed by atoms with Gasteiger partial charge in [0.25, 0.3) is 0 Å². The highest BCUT2D eigenvalue weighted by atomic mass is 16.5. The summed E-state index contributed by atoms with van der Waals surface area (Å²) in [5.41, 5.74) is -0.989. The van der Waals surface area contributed by atoms with Gasteiger partial charge in [0.1, 0.15) is 5.54 Å². The van der Waals surface area contributed by atoms with E-state index in [1.54, 1.807) is 0 Å². The summed E-state index contributed by atoms with van der Waals surface area (Å²) in [6, 6.07) is 0. The number of carbonyl (C=O) groups is 13. The molecule has 104 heavy (non-hydrogen) atoms. The number of ketones is 4. The molecule has 0 aliphatic rings. The topological polar surface area (TPSA) is 359 Å². The Balaban J connectivity index is -0.000000659. The summed E-state index contributed by atoms with van der Waals surface area (Å²) >= 11 is 0. The lowest BCUT2D eigenvalue weighted by molar-refractivity contribution is -0.130. The summed E-state index contributed by atoms with van der Waals surface area (Å²) in [5.74, 6) is -2.63. The second kappa shape index (κ2) is 71.7. The summed E-state index contributed by atoms with van der Waals surface area (Å²) in [7, 11) is 0. The Hall–Kier alpha value is -9.71. The number of carbonyl (C=O) groups excluding carboxylic acids is 13. The van der Waals surface area contributed by atoms with Crippen molar-refractivity contribution in [2.24, 2.45) is 0 Å². The highest BCUT2D eigenvalue weighted by Gasteiger charge is 2.33. The summed E-state index contributed by atoms with van der Waals surface area (Å²) in [4.78, 5) is 152. The molecule has 0 saturated carbocycles. The van der Waals surface area contributed by atoms with Crippen molar-refractivity contribution in [3.8, 4) is 0 Å². The minimum Gasteiger partial charge on any atom is -0.379 e. The Morgan fingerprint density at radius 1 is 0.250 bits per heavy atom. The molecule has 0 fully saturated rings. The predicted molar refractivity (Wildman–Crippen MR) is 403 cm³/mol. The summed E-state index contributed by atoms with van der Waals surface area (Å²) < 4.78 is 33.6. The normalized spacial score (nSPS) is 10.0. The van der Waals surface area contributed by atoms with Gasteiger partial charge >= 0.3 is 0 Å². The summed E-state index contributed by atoms with van der Waals surface area (Å²) in [5, 5.41) is 15.9. The first kappa shape index (κ1) is 101. The van der Waals surface area contributed by atoms with E-state index < -0.39 is 11.4 Å². The molecule has 0 aliphatic carbocycles. The molecule has 0 radical (unpaired) electrons. The van der Waals surface area contributed by atoms with E-state index in [4.69, 9.17) is 28.4 Å². The van der Waals surface area contributed by atoms with Crippen LogP contribution in [0, 0.1) is 0 Å². The van der Waals surface area contributed by atoms with Crippen molar-refractivity contribution in [3.05, 3.63) is 165 Å². The number of hydrogen-bond donors (Lipinski definition) is 6. The molecule has 0 heterocycles. The lowest BCUT2D eigenvalue weighted by Crippen LogP contribution is -2.58. The van der Waals surface area contributed by atoms with Gasteiger partial charge in [-0.15, -0.1) is 0 Å². The van der Waals surface area contributed by atoms with Crippen LogP contribution in [0.5, 0.6) is 0 Å². The highest BCUT2D eigenvalue weighted by molar-refractivity contribution is 5.92. The van der Waals surface area contributed by atoms with Crippen LogP contribution in [0.4, 0.5) is 0 Å². The van der Waals surface area contributed by atoms with E-state index in [1.165, 1.54) is 69.4 Å². The molecule has 0 aromatic heterocycles.